The average Bonchev–Trinajstić information content (AvgIpc) is 2.69. The third kappa shape index (κ3) is 2.21. The van der Waals surface area contributed by atoms with Crippen LogP contribution in [0.15, 0.2) is 12.1 Å². The summed E-state index contributed by atoms with van der Waals surface area (Å²) in [5, 5.41) is 9.29. The van der Waals surface area contributed by atoms with E-state index in [4.69, 9.17) is 5.73 Å². The first-order valence-corrected chi connectivity index (χ1v) is 5.21. The van der Waals surface area contributed by atoms with Crippen LogP contribution in [0.2, 0.25) is 0 Å². The Bertz CT molecular complexity index is 465. The Labute approximate surface area is 96.6 Å². The topological polar surface area (TPSA) is 66.6 Å². The summed E-state index contributed by atoms with van der Waals surface area (Å²) in [6, 6.07) is 1.64. The van der Waals surface area contributed by atoms with E-state index in [1.54, 1.807) is 0 Å². The number of carbonyl (C=O) groups excluding carboxylic acids is 1. The molecular weight excluding hydrogens is 230 g/mol. The Morgan fingerprint density at radius 3 is 2.76 bits per heavy atom. The van der Waals surface area contributed by atoms with Gasteiger partial charge in [-0.1, -0.05) is 0 Å². The van der Waals surface area contributed by atoms with Crippen LogP contribution in [0.3, 0.4) is 0 Å². The number of likely N-dealkylation sites (tertiary alicyclic amines) is 1. The number of aliphatic hydroxyl groups excluding tert-OH is 1. The molecule has 1 fully saturated rings. The van der Waals surface area contributed by atoms with Crippen molar-refractivity contribution in [2.75, 3.05) is 18.8 Å². The van der Waals surface area contributed by atoms with Crippen LogP contribution in [0.1, 0.15) is 16.8 Å². The van der Waals surface area contributed by atoms with Crippen molar-refractivity contribution in [1.82, 2.24) is 4.90 Å². The van der Waals surface area contributed by atoms with Gasteiger partial charge in [-0.3, -0.25) is 4.79 Å². The Hall–Kier alpha value is -1.69. The van der Waals surface area contributed by atoms with Gasteiger partial charge in [0.25, 0.3) is 5.91 Å². The first-order chi connectivity index (χ1) is 7.99. The van der Waals surface area contributed by atoms with Gasteiger partial charge in [0.05, 0.1) is 17.4 Å². The number of rotatable bonds is 1. The van der Waals surface area contributed by atoms with Crippen molar-refractivity contribution in [3.05, 3.63) is 29.3 Å². The predicted molar refractivity (Wildman–Crippen MR) is 57.3 cm³/mol. The number of halogens is 2. The van der Waals surface area contributed by atoms with Gasteiger partial charge in [-0.05, 0) is 18.6 Å². The Morgan fingerprint density at radius 1 is 1.47 bits per heavy atom. The van der Waals surface area contributed by atoms with Gasteiger partial charge in [0.1, 0.15) is 5.82 Å². The van der Waals surface area contributed by atoms with Crippen molar-refractivity contribution in [2.45, 2.75) is 12.5 Å². The number of nitrogens with two attached hydrogens (primary N) is 1. The fraction of sp³-hybridized carbons (Fsp3) is 0.364. The summed E-state index contributed by atoms with van der Waals surface area (Å²) >= 11 is 0. The molecule has 1 atom stereocenters. The third-order valence-corrected chi connectivity index (χ3v) is 2.75. The number of anilines is 1. The van der Waals surface area contributed by atoms with Gasteiger partial charge < -0.3 is 15.7 Å². The van der Waals surface area contributed by atoms with Gasteiger partial charge in [-0.2, -0.15) is 0 Å². The van der Waals surface area contributed by atoms with Crippen LogP contribution >= 0.6 is 0 Å². The van der Waals surface area contributed by atoms with Gasteiger partial charge in [0.2, 0.25) is 0 Å². The number of nitrogen functional groups attached to an aromatic ring is 1. The fourth-order valence-corrected chi connectivity index (χ4v) is 1.86. The Kier molecular flexibility index (Phi) is 2.97. The predicted octanol–water partition coefficient (Wildman–Crippen LogP) is 0.754. The second-order valence-electron chi connectivity index (χ2n) is 4.05. The van der Waals surface area contributed by atoms with E-state index in [-0.39, 0.29) is 6.54 Å². The number of β-amino-alcohol motifs (C(OH)–C–C–N with tert-alkyl or cyclic N) is 1. The summed E-state index contributed by atoms with van der Waals surface area (Å²) in [4.78, 5) is 13.2. The Balaban J connectivity index is 2.31. The molecule has 0 spiro atoms. The van der Waals surface area contributed by atoms with E-state index in [0.717, 1.165) is 12.1 Å². The van der Waals surface area contributed by atoms with E-state index in [2.05, 4.69) is 0 Å². The molecule has 1 aromatic carbocycles. The number of aliphatic hydroxyl groups is 1. The van der Waals surface area contributed by atoms with E-state index < -0.39 is 34.9 Å². The van der Waals surface area contributed by atoms with E-state index in [9.17, 15) is 18.7 Å². The maximum Gasteiger partial charge on any atom is 0.257 e. The van der Waals surface area contributed by atoms with E-state index in [0.29, 0.717) is 13.0 Å². The molecule has 1 aliphatic heterocycles. The monoisotopic (exact) mass is 242 g/mol. The number of amides is 1. The largest absolute Gasteiger partial charge is 0.396 e. The second-order valence-corrected chi connectivity index (χ2v) is 4.05. The molecule has 1 aliphatic rings. The van der Waals surface area contributed by atoms with Crippen LogP contribution in [-0.2, 0) is 0 Å². The van der Waals surface area contributed by atoms with Crippen molar-refractivity contribution >= 4 is 11.6 Å². The van der Waals surface area contributed by atoms with Crippen LogP contribution < -0.4 is 5.73 Å². The standard InChI is InChI=1S/C11H12F2N2O2/c12-6-3-8(10(13)9(14)4-6)11(17)15-2-1-7(16)5-15/h3-4,7,16H,1-2,5,14H2. The second kappa shape index (κ2) is 4.29. The molecule has 1 amide bonds. The minimum Gasteiger partial charge on any atom is -0.396 e. The molecule has 2 rings (SSSR count). The molecule has 0 aliphatic carbocycles. The first-order valence-electron chi connectivity index (χ1n) is 5.21. The molecule has 0 aromatic heterocycles. The lowest BCUT2D eigenvalue weighted by atomic mass is 10.1. The molecule has 3 N–H and O–H groups in total. The highest BCUT2D eigenvalue weighted by Crippen LogP contribution is 2.21. The van der Waals surface area contributed by atoms with Crippen molar-refractivity contribution in [3.8, 4) is 0 Å². The zero-order valence-electron chi connectivity index (χ0n) is 8.99. The van der Waals surface area contributed by atoms with Crippen LogP contribution in [0.5, 0.6) is 0 Å². The molecule has 0 bridgehead atoms. The zero-order chi connectivity index (χ0) is 12.6. The minimum atomic E-state index is -0.919. The maximum atomic E-state index is 13.6. The molecule has 92 valence electrons. The summed E-state index contributed by atoms with van der Waals surface area (Å²) in [6.45, 7) is 0.463. The van der Waals surface area contributed by atoms with E-state index in [1.165, 1.54) is 4.90 Å². The lowest BCUT2D eigenvalue weighted by Crippen LogP contribution is -2.30. The summed E-state index contributed by atoms with van der Waals surface area (Å²) in [6.07, 6.45) is -0.161. The molecule has 1 aromatic rings. The van der Waals surface area contributed by atoms with Crippen molar-refractivity contribution in [2.24, 2.45) is 0 Å². The molecule has 1 unspecified atom stereocenters. The van der Waals surface area contributed by atoms with Crippen LogP contribution in [0.25, 0.3) is 0 Å². The normalized spacial score (nSPS) is 19.7. The highest BCUT2D eigenvalue weighted by Gasteiger charge is 2.28. The first kappa shape index (κ1) is 11.8. The molecule has 0 radical (unpaired) electrons. The minimum absolute atomic E-state index is 0.134. The molecule has 0 saturated carbocycles. The van der Waals surface area contributed by atoms with E-state index in [1.807, 2.05) is 0 Å². The van der Waals surface area contributed by atoms with Crippen molar-refractivity contribution < 1.29 is 18.7 Å². The Morgan fingerprint density at radius 2 is 2.18 bits per heavy atom. The molecular formula is C11H12F2N2O2. The summed E-state index contributed by atoms with van der Waals surface area (Å²) in [5.74, 6) is -2.32. The number of nitrogens with zero attached hydrogens (tertiary/aromatic N) is 1. The quantitative estimate of drug-likeness (QED) is 0.714. The number of hydrogen-bond acceptors (Lipinski definition) is 3. The summed E-state index contributed by atoms with van der Waals surface area (Å²) < 4.78 is 26.6. The van der Waals surface area contributed by atoms with Gasteiger partial charge in [0, 0.05) is 13.1 Å². The van der Waals surface area contributed by atoms with Crippen molar-refractivity contribution in [3.63, 3.8) is 0 Å². The van der Waals surface area contributed by atoms with Crippen LogP contribution in [-0.4, -0.2) is 35.1 Å². The SMILES string of the molecule is Nc1cc(F)cc(C(=O)N2CCC(O)C2)c1F. The lowest BCUT2D eigenvalue weighted by Gasteiger charge is -2.16. The third-order valence-electron chi connectivity index (χ3n) is 2.75. The summed E-state index contributed by atoms with van der Waals surface area (Å²) in [7, 11) is 0. The van der Waals surface area contributed by atoms with Crippen LogP contribution in [0.4, 0.5) is 14.5 Å². The highest BCUT2D eigenvalue weighted by atomic mass is 19.1. The fourth-order valence-electron chi connectivity index (χ4n) is 1.86. The summed E-state index contributed by atoms with van der Waals surface area (Å²) in [5.41, 5.74) is 4.46. The van der Waals surface area contributed by atoms with Crippen molar-refractivity contribution in [1.29, 1.82) is 0 Å². The molecule has 17 heavy (non-hydrogen) atoms. The van der Waals surface area contributed by atoms with Crippen LogP contribution in [0, 0.1) is 11.6 Å². The number of benzene rings is 1. The van der Waals surface area contributed by atoms with E-state index >= 15 is 0 Å². The molecule has 6 heteroatoms. The molecule has 4 nitrogen and oxygen atoms in total. The molecule has 1 saturated heterocycles. The highest BCUT2D eigenvalue weighted by molar-refractivity contribution is 5.95. The van der Waals surface area contributed by atoms with Gasteiger partial charge >= 0.3 is 0 Å². The smallest absolute Gasteiger partial charge is 0.257 e. The zero-order valence-corrected chi connectivity index (χ0v) is 8.99. The molecule has 1 heterocycles. The number of carbonyl (C=O) groups is 1. The van der Waals surface area contributed by atoms with Gasteiger partial charge in [0.15, 0.2) is 5.82 Å². The van der Waals surface area contributed by atoms with Gasteiger partial charge in [-0.25, -0.2) is 8.78 Å². The average molecular weight is 242 g/mol. The lowest BCUT2D eigenvalue weighted by molar-refractivity contribution is 0.0760. The maximum absolute atomic E-state index is 13.6. The number of hydrogen-bond donors (Lipinski definition) is 2. The van der Waals surface area contributed by atoms with Gasteiger partial charge in [-0.15, -0.1) is 0 Å².